The largest absolute Gasteiger partial charge is 0.378 e. The molecule has 1 atom stereocenters. The number of benzene rings is 1. The monoisotopic (exact) mass is 448 g/mol. The maximum atomic E-state index is 4.71. The molecule has 0 aromatic heterocycles. The number of anilines is 1. The van der Waals surface area contributed by atoms with Crippen LogP contribution in [-0.2, 0) is 6.54 Å². The lowest BCUT2D eigenvalue weighted by atomic mass is 10.2. The van der Waals surface area contributed by atoms with Crippen molar-refractivity contribution in [3.8, 4) is 0 Å². The van der Waals surface area contributed by atoms with E-state index in [1.165, 1.54) is 29.8 Å². The number of hydrogen-bond acceptors (Lipinski definition) is 3. The smallest absolute Gasteiger partial charge is 0.191 e. The second-order valence-electron chi connectivity index (χ2n) is 5.78. The Morgan fingerprint density at radius 1 is 1.35 bits per heavy atom. The van der Waals surface area contributed by atoms with Gasteiger partial charge in [-0.3, -0.25) is 0 Å². The normalized spacial score (nSPS) is 17.5. The van der Waals surface area contributed by atoms with Crippen LogP contribution in [0.4, 0.5) is 5.69 Å². The van der Waals surface area contributed by atoms with Gasteiger partial charge in [-0.2, -0.15) is 11.8 Å². The van der Waals surface area contributed by atoms with E-state index in [-0.39, 0.29) is 24.0 Å². The molecule has 1 fully saturated rings. The van der Waals surface area contributed by atoms with Gasteiger partial charge < -0.3 is 15.5 Å². The zero-order valence-electron chi connectivity index (χ0n) is 14.3. The average Bonchev–Trinajstić information content (AvgIpc) is 3.03. The van der Waals surface area contributed by atoms with Gasteiger partial charge in [0.05, 0.1) is 6.54 Å². The Hall–Kier alpha value is -0.630. The van der Waals surface area contributed by atoms with Gasteiger partial charge in [0.25, 0.3) is 0 Å². The van der Waals surface area contributed by atoms with Crippen molar-refractivity contribution in [2.75, 3.05) is 37.8 Å². The molecule has 0 spiro atoms. The molecule has 1 aliphatic heterocycles. The molecule has 1 aromatic carbocycles. The summed E-state index contributed by atoms with van der Waals surface area (Å²) in [6, 6.07) is 8.54. The molecular formula is C17H29IN4S. The van der Waals surface area contributed by atoms with Crippen LogP contribution in [0.3, 0.4) is 0 Å². The van der Waals surface area contributed by atoms with E-state index in [0.717, 1.165) is 24.3 Å². The van der Waals surface area contributed by atoms with E-state index in [1.54, 1.807) is 0 Å². The van der Waals surface area contributed by atoms with Crippen molar-refractivity contribution in [3.05, 3.63) is 29.8 Å². The van der Waals surface area contributed by atoms with Gasteiger partial charge in [-0.1, -0.05) is 12.1 Å². The van der Waals surface area contributed by atoms with Gasteiger partial charge in [0, 0.05) is 38.1 Å². The Balaban J connectivity index is 0.00000264. The van der Waals surface area contributed by atoms with Crippen LogP contribution in [0.1, 0.15) is 25.3 Å². The van der Waals surface area contributed by atoms with Gasteiger partial charge in [0.2, 0.25) is 0 Å². The van der Waals surface area contributed by atoms with Crippen molar-refractivity contribution < 1.29 is 0 Å². The van der Waals surface area contributed by atoms with Crippen LogP contribution in [0.25, 0.3) is 0 Å². The van der Waals surface area contributed by atoms with Crippen molar-refractivity contribution in [2.24, 2.45) is 4.99 Å². The summed E-state index contributed by atoms with van der Waals surface area (Å²) in [5.41, 5.74) is 2.45. The Labute approximate surface area is 161 Å². The van der Waals surface area contributed by atoms with Crippen molar-refractivity contribution in [1.29, 1.82) is 0 Å². The minimum atomic E-state index is 0. The molecule has 4 nitrogen and oxygen atoms in total. The van der Waals surface area contributed by atoms with Crippen molar-refractivity contribution in [1.82, 2.24) is 10.6 Å². The molecule has 2 rings (SSSR count). The molecule has 0 radical (unpaired) electrons. The highest BCUT2D eigenvalue weighted by atomic mass is 127. The molecule has 23 heavy (non-hydrogen) atoms. The fourth-order valence-corrected chi connectivity index (χ4v) is 3.66. The Morgan fingerprint density at radius 3 is 2.83 bits per heavy atom. The number of nitrogens with zero attached hydrogens (tertiary/aromatic N) is 2. The molecule has 1 aliphatic rings. The molecule has 0 aliphatic carbocycles. The first-order chi connectivity index (χ1) is 10.7. The highest BCUT2D eigenvalue weighted by Crippen LogP contribution is 2.25. The summed E-state index contributed by atoms with van der Waals surface area (Å²) in [4.78, 5) is 6.83. The fraction of sp³-hybridized carbons (Fsp3) is 0.588. The van der Waals surface area contributed by atoms with E-state index in [1.807, 2.05) is 0 Å². The zero-order valence-corrected chi connectivity index (χ0v) is 17.5. The number of rotatable bonds is 6. The second kappa shape index (κ2) is 11.0. The van der Waals surface area contributed by atoms with E-state index in [2.05, 4.69) is 72.6 Å². The molecule has 1 saturated heterocycles. The summed E-state index contributed by atoms with van der Waals surface area (Å²) in [5, 5.41) is 7.55. The predicted octanol–water partition coefficient (Wildman–Crippen LogP) is 3.32. The molecule has 2 N–H and O–H groups in total. The highest BCUT2D eigenvalue weighted by Gasteiger charge is 2.15. The number of guanidine groups is 1. The maximum absolute atomic E-state index is 4.71. The summed E-state index contributed by atoms with van der Waals surface area (Å²) < 4.78 is 0. The van der Waals surface area contributed by atoms with Gasteiger partial charge in [-0.15, -0.1) is 24.0 Å². The number of hydrogen-bond donors (Lipinski definition) is 2. The number of aliphatic imine (C=N–C) groups is 1. The molecule has 1 unspecified atom stereocenters. The van der Waals surface area contributed by atoms with Gasteiger partial charge in [-0.25, -0.2) is 4.99 Å². The minimum absolute atomic E-state index is 0. The van der Waals surface area contributed by atoms with E-state index in [9.17, 15) is 0 Å². The van der Waals surface area contributed by atoms with Crippen LogP contribution >= 0.6 is 35.7 Å². The predicted molar refractivity (Wildman–Crippen MR) is 114 cm³/mol. The number of thioether (sulfide) groups is 1. The molecule has 1 heterocycles. The number of nitrogens with one attached hydrogen (secondary N) is 2. The van der Waals surface area contributed by atoms with E-state index >= 15 is 0 Å². The zero-order chi connectivity index (χ0) is 15.8. The lowest BCUT2D eigenvalue weighted by Gasteiger charge is -2.15. The van der Waals surface area contributed by atoms with Crippen LogP contribution in [0.2, 0.25) is 0 Å². The van der Waals surface area contributed by atoms with E-state index < -0.39 is 0 Å². The van der Waals surface area contributed by atoms with Gasteiger partial charge in [-0.05, 0) is 43.2 Å². The Morgan fingerprint density at radius 2 is 2.17 bits per heavy atom. The van der Waals surface area contributed by atoms with E-state index in [4.69, 9.17) is 4.99 Å². The molecular weight excluding hydrogens is 419 g/mol. The van der Waals surface area contributed by atoms with Crippen molar-refractivity contribution in [2.45, 2.75) is 31.6 Å². The lowest BCUT2D eigenvalue weighted by molar-refractivity contribution is 0.727. The molecule has 1 aromatic rings. The third-order valence-electron chi connectivity index (χ3n) is 3.71. The van der Waals surface area contributed by atoms with Gasteiger partial charge in [0.15, 0.2) is 5.96 Å². The standard InChI is InChI=1S/C17H28N4S.HI/c1-4-18-17(20-13-16-9-6-10-22-16)19-12-14-7-5-8-15(11-14)21(2)3;/h5,7-8,11,16H,4,6,9-10,12-13H2,1-3H3,(H2,18,19,20);1H. The SMILES string of the molecule is CCNC(=NCc1cccc(N(C)C)c1)NCC1CCCS1.I. The fourth-order valence-electron chi connectivity index (χ4n) is 2.46. The van der Waals surface area contributed by atoms with Crippen LogP contribution in [0.5, 0.6) is 0 Å². The second-order valence-corrected chi connectivity index (χ2v) is 7.18. The average molecular weight is 448 g/mol. The van der Waals surface area contributed by atoms with Crippen LogP contribution in [-0.4, -0.2) is 44.1 Å². The van der Waals surface area contributed by atoms with Crippen LogP contribution < -0.4 is 15.5 Å². The molecule has 0 amide bonds. The quantitative estimate of drug-likeness (QED) is 0.398. The third kappa shape index (κ3) is 7.20. The highest BCUT2D eigenvalue weighted by molar-refractivity contribution is 14.0. The van der Waals surface area contributed by atoms with Crippen molar-refractivity contribution >= 4 is 47.4 Å². The molecule has 130 valence electrons. The lowest BCUT2D eigenvalue weighted by Crippen LogP contribution is -2.40. The summed E-state index contributed by atoms with van der Waals surface area (Å²) in [5.74, 6) is 2.22. The van der Waals surface area contributed by atoms with Gasteiger partial charge in [0.1, 0.15) is 0 Å². The summed E-state index contributed by atoms with van der Waals surface area (Å²) in [7, 11) is 4.13. The summed E-state index contributed by atoms with van der Waals surface area (Å²) >= 11 is 2.07. The minimum Gasteiger partial charge on any atom is -0.378 e. The molecule has 0 bridgehead atoms. The topological polar surface area (TPSA) is 39.7 Å². The first-order valence-electron chi connectivity index (χ1n) is 8.09. The summed E-state index contributed by atoms with van der Waals surface area (Å²) in [6.07, 6.45) is 2.67. The van der Waals surface area contributed by atoms with Gasteiger partial charge >= 0.3 is 0 Å². The first-order valence-corrected chi connectivity index (χ1v) is 9.14. The Bertz CT molecular complexity index is 487. The summed E-state index contributed by atoms with van der Waals surface area (Å²) in [6.45, 7) is 4.71. The van der Waals surface area contributed by atoms with E-state index in [0.29, 0.717) is 6.54 Å². The Kier molecular flexibility index (Phi) is 9.78. The molecule has 6 heteroatoms. The van der Waals surface area contributed by atoms with Crippen LogP contribution in [0, 0.1) is 0 Å². The third-order valence-corrected chi connectivity index (χ3v) is 5.11. The van der Waals surface area contributed by atoms with Crippen molar-refractivity contribution in [3.63, 3.8) is 0 Å². The molecule has 0 saturated carbocycles. The maximum Gasteiger partial charge on any atom is 0.191 e. The van der Waals surface area contributed by atoms with Crippen LogP contribution in [0.15, 0.2) is 29.3 Å². The first kappa shape index (κ1) is 20.4. The number of halogens is 1.